The normalized spacial score (nSPS) is 15.4. The molecule has 0 aliphatic heterocycles. The molecular weight excluding hydrogens is 216 g/mol. The van der Waals surface area contributed by atoms with E-state index in [2.05, 4.69) is 0 Å². The predicted molar refractivity (Wildman–Crippen MR) is 46.9 cm³/mol. The summed E-state index contributed by atoms with van der Waals surface area (Å²) >= 11 is 0. The fourth-order valence-electron chi connectivity index (χ4n) is 1.13. The maximum Gasteiger partial charge on any atom is 0.384 e. The first kappa shape index (κ1) is 14.6. The first-order valence-corrected chi connectivity index (χ1v) is 4.89. The lowest BCUT2D eigenvalue weighted by atomic mass is 10.0. The Bertz CT molecular complexity index is 179. The topological polar surface area (TPSA) is 40.5 Å². The quantitative estimate of drug-likeness (QED) is 0.402. The molecule has 0 amide bonds. The highest BCUT2D eigenvalue weighted by Crippen LogP contribution is 2.35. The molecule has 92 valence electrons. The molecule has 0 spiro atoms. The second kappa shape index (κ2) is 5.65. The molecule has 1 unspecified atom stereocenters. The van der Waals surface area contributed by atoms with Crippen LogP contribution in [0.3, 0.4) is 0 Å². The van der Waals surface area contributed by atoms with Gasteiger partial charge in [-0.1, -0.05) is 32.6 Å². The van der Waals surface area contributed by atoms with Crippen molar-refractivity contribution in [1.82, 2.24) is 0 Å². The van der Waals surface area contributed by atoms with Crippen molar-refractivity contribution in [1.29, 1.82) is 0 Å². The van der Waals surface area contributed by atoms with Crippen LogP contribution in [-0.2, 0) is 0 Å². The van der Waals surface area contributed by atoms with Crippen LogP contribution in [0.1, 0.15) is 39.0 Å². The van der Waals surface area contributed by atoms with Crippen LogP contribution in [-0.4, -0.2) is 28.3 Å². The van der Waals surface area contributed by atoms with Gasteiger partial charge in [-0.05, 0) is 6.42 Å². The molecule has 15 heavy (non-hydrogen) atoms. The van der Waals surface area contributed by atoms with Crippen LogP contribution in [0.2, 0.25) is 0 Å². The Hall–Kier alpha value is -0.360. The zero-order valence-electron chi connectivity index (χ0n) is 8.52. The van der Waals surface area contributed by atoms with Crippen molar-refractivity contribution < 1.29 is 27.8 Å². The highest BCUT2D eigenvalue weighted by molar-refractivity contribution is 4.83. The smallest absolute Gasteiger partial charge is 0.335 e. The number of rotatable bonds is 7. The molecule has 0 radical (unpaired) electrons. The maximum atomic E-state index is 12.8. The number of aliphatic hydroxyl groups is 2. The fraction of sp³-hybridized carbons (Fsp3) is 1.00. The second-order valence-corrected chi connectivity index (χ2v) is 3.53. The number of halogens is 4. The van der Waals surface area contributed by atoms with Crippen molar-refractivity contribution in [2.45, 2.75) is 57.2 Å². The van der Waals surface area contributed by atoms with Gasteiger partial charge in [0.15, 0.2) is 6.17 Å². The SMILES string of the molecule is CCCCCCC(F)C(F)(F)C(O)(O)F. The molecule has 0 bridgehead atoms. The zero-order valence-corrected chi connectivity index (χ0v) is 8.52. The van der Waals surface area contributed by atoms with Crippen molar-refractivity contribution in [2.24, 2.45) is 0 Å². The molecule has 0 aliphatic rings. The average molecular weight is 232 g/mol. The maximum absolute atomic E-state index is 12.8. The summed E-state index contributed by atoms with van der Waals surface area (Å²) in [6.07, 6.45) is -1.10. The van der Waals surface area contributed by atoms with Crippen LogP contribution >= 0.6 is 0 Å². The molecule has 0 aromatic carbocycles. The minimum Gasteiger partial charge on any atom is -0.335 e. The predicted octanol–water partition coefficient (Wildman–Crippen LogP) is 2.54. The highest BCUT2D eigenvalue weighted by atomic mass is 19.3. The van der Waals surface area contributed by atoms with E-state index >= 15 is 0 Å². The van der Waals surface area contributed by atoms with Crippen LogP contribution < -0.4 is 0 Å². The number of hydrogen-bond donors (Lipinski definition) is 2. The first-order valence-electron chi connectivity index (χ1n) is 4.89. The molecule has 2 nitrogen and oxygen atoms in total. The van der Waals surface area contributed by atoms with Crippen LogP contribution in [0, 0.1) is 0 Å². The zero-order chi connectivity index (χ0) is 12.1. The van der Waals surface area contributed by atoms with E-state index < -0.39 is 24.6 Å². The van der Waals surface area contributed by atoms with E-state index in [-0.39, 0.29) is 6.42 Å². The van der Waals surface area contributed by atoms with E-state index in [4.69, 9.17) is 10.2 Å². The lowest BCUT2D eigenvalue weighted by Crippen LogP contribution is -2.50. The van der Waals surface area contributed by atoms with Crippen molar-refractivity contribution in [3.05, 3.63) is 0 Å². The van der Waals surface area contributed by atoms with Gasteiger partial charge in [0.2, 0.25) is 0 Å². The van der Waals surface area contributed by atoms with E-state index in [9.17, 15) is 17.6 Å². The lowest BCUT2D eigenvalue weighted by molar-refractivity contribution is -0.380. The minimum atomic E-state index is -4.79. The third-order valence-electron chi connectivity index (χ3n) is 2.13. The Kier molecular flexibility index (Phi) is 5.51. The Morgan fingerprint density at radius 3 is 2.00 bits per heavy atom. The van der Waals surface area contributed by atoms with Crippen molar-refractivity contribution in [3.8, 4) is 0 Å². The van der Waals surface area contributed by atoms with Crippen molar-refractivity contribution >= 4 is 0 Å². The Balaban J connectivity index is 4.03. The van der Waals surface area contributed by atoms with Crippen LogP contribution in [0.4, 0.5) is 17.6 Å². The van der Waals surface area contributed by atoms with Gasteiger partial charge in [0.25, 0.3) is 0 Å². The van der Waals surface area contributed by atoms with Crippen LogP contribution in [0.15, 0.2) is 0 Å². The number of hydrogen-bond acceptors (Lipinski definition) is 2. The van der Waals surface area contributed by atoms with Gasteiger partial charge in [0.05, 0.1) is 0 Å². The summed E-state index contributed by atoms with van der Waals surface area (Å²) in [5.74, 6) is -4.78. The molecule has 0 aromatic rings. The molecule has 0 aliphatic carbocycles. The Morgan fingerprint density at radius 2 is 1.60 bits per heavy atom. The number of alkyl halides is 4. The summed E-state index contributed by atoms with van der Waals surface area (Å²) in [5, 5.41) is 16.0. The summed E-state index contributed by atoms with van der Waals surface area (Å²) in [4.78, 5) is 0. The van der Waals surface area contributed by atoms with Crippen LogP contribution in [0.25, 0.3) is 0 Å². The molecular formula is C9H16F4O2. The van der Waals surface area contributed by atoms with Crippen molar-refractivity contribution in [2.75, 3.05) is 0 Å². The largest absolute Gasteiger partial charge is 0.384 e. The first-order chi connectivity index (χ1) is 6.73. The fourth-order valence-corrected chi connectivity index (χ4v) is 1.13. The monoisotopic (exact) mass is 232 g/mol. The van der Waals surface area contributed by atoms with Crippen molar-refractivity contribution in [3.63, 3.8) is 0 Å². The van der Waals surface area contributed by atoms with E-state index in [0.29, 0.717) is 6.42 Å². The van der Waals surface area contributed by atoms with Gasteiger partial charge in [-0.15, -0.1) is 0 Å². The van der Waals surface area contributed by atoms with E-state index in [1.54, 1.807) is 0 Å². The molecule has 6 heteroatoms. The van der Waals surface area contributed by atoms with Gasteiger partial charge in [-0.2, -0.15) is 13.2 Å². The Labute approximate surface area is 85.9 Å². The summed E-state index contributed by atoms with van der Waals surface area (Å²) in [7, 11) is 0. The summed E-state index contributed by atoms with van der Waals surface area (Å²) in [6.45, 7) is 1.90. The van der Waals surface area contributed by atoms with Gasteiger partial charge in [0.1, 0.15) is 0 Å². The molecule has 1 atom stereocenters. The third kappa shape index (κ3) is 4.34. The van der Waals surface area contributed by atoms with Gasteiger partial charge < -0.3 is 10.2 Å². The highest BCUT2D eigenvalue weighted by Gasteiger charge is 2.59. The summed E-state index contributed by atoms with van der Waals surface area (Å²) in [6, 6.07) is -4.79. The van der Waals surface area contributed by atoms with Gasteiger partial charge in [-0.25, -0.2) is 4.39 Å². The second-order valence-electron chi connectivity index (χ2n) is 3.53. The van der Waals surface area contributed by atoms with E-state index in [1.807, 2.05) is 6.92 Å². The summed E-state index contributed by atoms with van der Waals surface area (Å²) < 4.78 is 50.1. The number of unbranched alkanes of at least 4 members (excludes halogenated alkanes) is 3. The lowest BCUT2D eigenvalue weighted by Gasteiger charge is -2.26. The van der Waals surface area contributed by atoms with Crippen LogP contribution in [0.5, 0.6) is 0 Å². The third-order valence-corrected chi connectivity index (χ3v) is 2.13. The molecule has 2 N–H and O–H groups in total. The minimum absolute atomic E-state index is 0.167. The standard InChI is InChI=1S/C9H16F4O2/c1-2-3-4-5-6-7(10)8(11,12)9(13,14)15/h7,14-15H,2-6H2,1H3. The van der Waals surface area contributed by atoms with Gasteiger partial charge in [-0.3, -0.25) is 0 Å². The van der Waals surface area contributed by atoms with Gasteiger partial charge in [0, 0.05) is 0 Å². The van der Waals surface area contributed by atoms with E-state index in [0.717, 1.165) is 12.8 Å². The average Bonchev–Trinajstić information content (AvgIpc) is 2.10. The molecule has 0 fully saturated rings. The Morgan fingerprint density at radius 1 is 1.07 bits per heavy atom. The van der Waals surface area contributed by atoms with E-state index in [1.165, 1.54) is 0 Å². The molecule has 0 heterocycles. The van der Waals surface area contributed by atoms with Gasteiger partial charge >= 0.3 is 12.0 Å². The molecule has 0 saturated heterocycles. The molecule has 0 saturated carbocycles. The molecule has 0 aromatic heterocycles. The molecule has 0 rings (SSSR count). The summed E-state index contributed by atoms with van der Waals surface area (Å²) in [5.41, 5.74) is 0.